The molecule has 0 bridgehead atoms. The summed E-state index contributed by atoms with van der Waals surface area (Å²) in [5, 5.41) is 3.27. The van der Waals surface area contributed by atoms with Crippen LogP contribution in [0.2, 0.25) is 0 Å². The molecule has 1 aliphatic heterocycles. The normalized spacial score (nSPS) is 15.4. The highest BCUT2D eigenvalue weighted by Gasteiger charge is 2.24. The molecule has 0 aliphatic carbocycles. The zero-order valence-electron chi connectivity index (χ0n) is 21.0. The van der Waals surface area contributed by atoms with Gasteiger partial charge in [0.25, 0.3) is 0 Å². The van der Waals surface area contributed by atoms with Crippen LogP contribution in [-0.4, -0.2) is 26.1 Å². The zero-order chi connectivity index (χ0) is 25.7. The van der Waals surface area contributed by atoms with Crippen molar-refractivity contribution in [2.75, 3.05) is 16.8 Å². The summed E-state index contributed by atoms with van der Waals surface area (Å²) in [5.74, 6) is 0.849. The van der Waals surface area contributed by atoms with Gasteiger partial charge >= 0.3 is 0 Å². The highest BCUT2D eigenvalue weighted by Crippen LogP contribution is 2.32. The molecule has 8 heteroatoms. The van der Waals surface area contributed by atoms with Crippen molar-refractivity contribution in [1.82, 2.24) is 19.5 Å². The van der Waals surface area contributed by atoms with Gasteiger partial charge in [0.1, 0.15) is 12.0 Å². The van der Waals surface area contributed by atoms with Gasteiger partial charge in [-0.2, -0.15) is 9.97 Å². The number of imidazole rings is 1. The molecule has 1 atom stereocenters. The van der Waals surface area contributed by atoms with E-state index in [1.165, 1.54) is 23.3 Å². The Balaban J connectivity index is 1.46. The van der Waals surface area contributed by atoms with E-state index >= 15 is 0 Å². The summed E-state index contributed by atoms with van der Waals surface area (Å²) in [7, 11) is 0. The van der Waals surface area contributed by atoms with Crippen LogP contribution in [0.3, 0.4) is 0 Å². The van der Waals surface area contributed by atoms with Crippen LogP contribution in [0, 0.1) is 5.82 Å². The van der Waals surface area contributed by atoms with Crippen molar-refractivity contribution >= 4 is 28.6 Å². The predicted octanol–water partition coefficient (Wildman–Crippen LogP) is 6.61. The van der Waals surface area contributed by atoms with E-state index < -0.39 is 0 Å². The van der Waals surface area contributed by atoms with Crippen LogP contribution in [0.4, 0.5) is 21.8 Å². The SMILES string of the molecule is Fc1ccc(Nc2nc(N(Cc3ccccc3)Cc3ccccc3)c3ncn(C4CCCCO4)c3n2)cc1. The summed E-state index contributed by atoms with van der Waals surface area (Å²) in [6, 6.07) is 26.9. The van der Waals surface area contributed by atoms with E-state index in [0.29, 0.717) is 30.4 Å². The summed E-state index contributed by atoms with van der Waals surface area (Å²) < 4.78 is 21.6. The first-order chi connectivity index (χ1) is 18.7. The minimum Gasteiger partial charge on any atom is -0.358 e. The standard InChI is InChI=1S/C30H29FN6O/c31-24-14-16-25(17-15-24)33-30-34-28(27-29(35-30)37(21-32-27)26-13-7-8-18-38-26)36(19-22-9-3-1-4-10-22)20-23-11-5-2-6-12-23/h1-6,9-12,14-17,21,26H,7-8,13,18-20H2,(H,33,34,35). The van der Waals surface area contributed by atoms with Gasteiger partial charge in [0.05, 0.1) is 6.33 Å². The lowest BCUT2D eigenvalue weighted by Crippen LogP contribution is -2.24. The molecule has 3 heterocycles. The van der Waals surface area contributed by atoms with Crippen LogP contribution in [0.5, 0.6) is 0 Å². The van der Waals surface area contributed by atoms with E-state index in [-0.39, 0.29) is 12.0 Å². The fraction of sp³-hybridized carbons (Fsp3) is 0.233. The lowest BCUT2D eigenvalue weighted by atomic mass is 10.1. The minimum atomic E-state index is -0.294. The molecule has 0 amide bonds. The first-order valence-electron chi connectivity index (χ1n) is 12.9. The Hall–Kier alpha value is -4.30. The molecule has 0 spiro atoms. The van der Waals surface area contributed by atoms with Gasteiger partial charge in [-0.15, -0.1) is 0 Å². The van der Waals surface area contributed by atoms with Gasteiger partial charge < -0.3 is 15.0 Å². The molecule has 1 unspecified atom stereocenters. The van der Waals surface area contributed by atoms with Gasteiger partial charge in [-0.05, 0) is 54.7 Å². The van der Waals surface area contributed by atoms with E-state index in [9.17, 15) is 4.39 Å². The number of nitrogens with one attached hydrogen (secondary N) is 1. The lowest BCUT2D eigenvalue weighted by Gasteiger charge is -2.26. The average molecular weight is 509 g/mol. The molecular weight excluding hydrogens is 479 g/mol. The number of nitrogens with zero attached hydrogens (tertiary/aromatic N) is 5. The minimum absolute atomic E-state index is 0.119. The molecule has 38 heavy (non-hydrogen) atoms. The highest BCUT2D eigenvalue weighted by atomic mass is 19.1. The van der Waals surface area contributed by atoms with E-state index in [0.717, 1.165) is 37.2 Å². The maximum Gasteiger partial charge on any atom is 0.231 e. The summed E-state index contributed by atoms with van der Waals surface area (Å²) in [4.78, 5) is 16.8. The molecule has 6 rings (SSSR count). The number of aromatic nitrogens is 4. The van der Waals surface area contributed by atoms with Crippen molar-refractivity contribution in [2.45, 2.75) is 38.6 Å². The number of hydrogen-bond acceptors (Lipinski definition) is 6. The van der Waals surface area contributed by atoms with Crippen LogP contribution in [0.25, 0.3) is 11.2 Å². The zero-order valence-corrected chi connectivity index (χ0v) is 21.0. The van der Waals surface area contributed by atoms with Crippen LogP contribution in [-0.2, 0) is 17.8 Å². The quantitative estimate of drug-likeness (QED) is 0.254. The molecular formula is C30H29FN6O. The van der Waals surface area contributed by atoms with Gasteiger partial charge in [-0.3, -0.25) is 4.57 Å². The van der Waals surface area contributed by atoms with Crippen molar-refractivity contribution < 1.29 is 9.13 Å². The first kappa shape index (κ1) is 24.1. The number of benzene rings is 3. The number of rotatable bonds is 8. The second kappa shape index (κ2) is 11.0. The topological polar surface area (TPSA) is 68.1 Å². The van der Waals surface area contributed by atoms with Crippen molar-refractivity contribution in [3.63, 3.8) is 0 Å². The second-order valence-electron chi connectivity index (χ2n) is 9.48. The largest absolute Gasteiger partial charge is 0.358 e. The average Bonchev–Trinajstić information content (AvgIpc) is 3.39. The number of fused-ring (bicyclic) bond motifs is 1. The Morgan fingerprint density at radius 1 is 0.868 bits per heavy atom. The summed E-state index contributed by atoms with van der Waals surface area (Å²) in [6.07, 6.45) is 4.75. The highest BCUT2D eigenvalue weighted by molar-refractivity contribution is 5.85. The predicted molar refractivity (Wildman–Crippen MR) is 147 cm³/mol. The molecule has 1 aliphatic rings. The van der Waals surface area contributed by atoms with E-state index in [1.807, 2.05) is 47.3 Å². The Morgan fingerprint density at radius 3 is 2.18 bits per heavy atom. The van der Waals surface area contributed by atoms with Crippen LogP contribution in [0.1, 0.15) is 36.6 Å². The Bertz CT molecular complexity index is 1440. The van der Waals surface area contributed by atoms with Crippen LogP contribution in [0.15, 0.2) is 91.3 Å². The molecule has 1 saturated heterocycles. The van der Waals surface area contributed by atoms with Gasteiger partial charge in [0.2, 0.25) is 5.95 Å². The Labute approximate surface area is 220 Å². The van der Waals surface area contributed by atoms with Gasteiger partial charge in [0.15, 0.2) is 17.0 Å². The summed E-state index contributed by atoms with van der Waals surface area (Å²) in [6.45, 7) is 2.01. The number of hydrogen-bond donors (Lipinski definition) is 1. The third-order valence-corrected chi connectivity index (χ3v) is 6.70. The molecule has 1 N–H and O–H groups in total. The molecule has 1 fully saturated rings. The molecule has 0 saturated carbocycles. The molecule has 192 valence electrons. The maximum absolute atomic E-state index is 13.5. The van der Waals surface area contributed by atoms with Crippen molar-refractivity contribution in [3.05, 3.63) is 108 Å². The fourth-order valence-corrected chi connectivity index (χ4v) is 4.81. The second-order valence-corrected chi connectivity index (χ2v) is 9.48. The van der Waals surface area contributed by atoms with Gasteiger partial charge in [-0.25, -0.2) is 9.37 Å². The summed E-state index contributed by atoms with van der Waals surface area (Å²) in [5.41, 5.74) is 4.46. The van der Waals surface area contributed by atoms with Gasteiger partial charge in [-0.1, -0.05) is 60.7 Å². The van der Waals surface area contributed by atoms with Crippen molar-refractivity contribution in [1.29, 1.82) is 0 Å². The van der Waals surface area contributed by atoms with Gasteiger partial charge in [0, 0.05) is 25.4 Å². The van der Waals surface area contributed by atoms with Crippen LogP contribution < -0.4 is 10.2 Å². The Morgan fingerprint density at radius 2 is 1.55 bits per heavy atom. The maximum atomic E-state index is 13.5. The molecule has 2 aromatic heterocycles. The molecule has 7 nitrogen and oxygen atoms in total. The number of anilines is 3. The van der Waals surface area contributed by atoms with Crippen molar-refractivity contribution in [3.8, 4) is 0 Å². The van der Waals surface area contributed by atoms with E-state index in [2.05, 4.69) is 34.5 Å². The molecule has 0 radical (unpaired) electrons. The summed E-state index contributed by atoms with van der Waals surface area (Å²) >= 11 is 0. The van der Waals surface area contributed by atoms with Crippen LogP contribution >= 0.6 is 0 Å². The number of ether oxygens (including phenoxy) is 1. The number of halogens is 1. The fourth-order valence-electron chi connectivity index (χ4n) is 4.81. The monoisotopic (exact) mass is 508 g/mol. The van der Waals surface area contributed by atoms with E-state index in [1.54, 1.807) is 12.1 Å². The smallest absolute Gasteiger partial charge is 0.231 e. The lowest BCUT2D eigenvalue weighted by molar-refractivity contribution is -0.0298. The first-order valence-corrected chi connectivity index (χ1v) is 12.9. The molecule has 3 aromatic carbocycles. The van der Waals surface area contributed by atoms with Crippen molar-refractivity contribution in [2.24, 2.45) is 0 Å². The van der Waals surface area contributed by atoms with E-state index in [4.69, 9.17) is 19.7 Å². The third kappa shape index (κ3) is 5.35. The Kier molecular flexibility index (Phi) is 6.95. The third-order valence-electron chi connectivity index (χ3n) is 6.70. The molecule has 5 aromatic rings.